The summed E-state index contributed by atoms with van der Waals surface area (Å²) >= 11 is 6.28. The zero-order chi connectivity index (χ0) is 28.9. The van der Waals surface area contributed by atoms with E-state index in [0.717, 1.165) is 55.5 Å². The number of fused-ring (bicyclic) bond motifs is 2. The quantitative estimate of drug-likeness (QED) is 0.368. The van der Waals surface area contributed by atoms with E-state index in [0.29, 0.717) is 23.9 Å². The molecule has 1 saturated carbocycles. The van der Waals surface area contributed by atoms with Gasteiger partial charge in [0, 0.05) is 23.7 Å². The Kier molecular flexibility index (Phi) is 9.98. The van der Waals surface area contributed by atoms with E-state index in [4.69, 9.17) is 16.3 Å². The Morgan fingerprint density at radius 3 is 2.70 bits per heavy atom. The van der Waals surface area contributed by atoms with Gasteiger partial charge in [0.15, 0.2) is 0 Å². The predicted octanol–water partition coefficient (Wildman–Crippen LogP) is 5.66. The predicted molar refractivity (Wildman–Crippen MR) is 160 cm³/mol. The van der Waals surface area contributed by atoms with Crippen LogP contribution < -0.4 is 14.4 Å². The first-order chi connectivity index (χ1) is 19.1. The second-order valence-electron chi connectivity index (χ2n) is 10.8. The molecule has 1 fully saturated rings. The molecule has 0 spiro atoms. The number of hydrogen-bond acceptors (Lipinski definition) is 6. The van der Waals surface area contributed by atoms with E-state index in [-0.39, 0.29) is 23.8 Å². The van der Waals surface area contributed by atoms with Crippen molar-refractivity contribution in [2.75, 3.05) is 18.0 Å². The molecule has 40 heavy (non-hydrogen) atoms. The average molecular weight is 587 g/mol. The van der Waals surface area contributed by atoms with E-state index in [1.165, 1.54) is 6.08 Å². The van der Waals surface area contributed by atoms with Crippen molar-refractivity contribution in [2.45, 2.75) is 63.4 Å². The van der Waals surface area contributed by atoms with Crippen molar-refractivity contribution in [2.24, 2.45) is 11.8 Å². The van der Waals surface area contributed by atoms with Crippen molar-refractivity contribution < 1.29 is 23.1 Å². The molecular formula is C31H39ClN2O5S. The third-order valence-electron chi connectivity index (χ3n) is 8.11. The number of ether oxygens (including phenoxy) is 1. The summed E-state index contributed by atoms with van der Waals surface area (Å²) in [6.45, 7) is 10.6. The molecule has 0 saturated heterocycles. The topological polar surface area (TPSA) is 95.9 Å². The summed E-state index contributed by atoms with van der Waals surface area (Å²) in [5.74, 6) is 0.327. The molecule has 4 rings (SSSR count). The number of sulfonamides is 1. The maximum absolute atomic E-state index is 13.1. The lowest BCUT2D eigenvalue weighted by Gasteiger charge is -2.42. The maximum atomic E-state index is 13.1. The zero-order valence-electron chi connectivity index (χ0n) is 23.0. The van der Waals surface area contributed by atoms with Crippen LogP contribution in [0.25, 0.3) is 0 Å². The summed E-state index contributed by atoms with van der Waals surface area (Å²) in [6.07, 6.45) is 7.45. The molecular weight excluding hydrogens is 548 g/mol. The number of carbonyl (C=O) groups is 1. The largest absolute Gasteiger partial charge is 0.487 e. The normalized spacial score (nSPS) is 20.8. The molecule has 1 heterocycles. The molecule has 0 radical (unpaired) electrons. The van der Waals surface area contributed by atoms with Crippen LogP contribution in [0.5, 0.6) is 5.75 Å². The number of aliphatic hydroxyl groups is 1. The van der Waals surface area contributed by atoms with Crippen molar-refractivity contribution in [3.8, 4) is 5.75 Å². The number of nitrogens with zero attached hydrogens (tertiary/aromatic N) is 1. The zero-order valence-corrected chi connectivity index (χ0v) is 24.6. The van der Waals surface area contributed by atoms with Gasteiger partial charge in [0.05, 0.1) is 17.0 Å². The molecule has 1 aliphatic heterocycles. The molecule has 2 aromatic carbocycles. The Balaban J connectivity index is 1.67. The van der Waals surface area contributed by atoms with Gasteiger partial charge >= 0.3 is 0 Å². The van der Waals surface area contributed by atoms with Gasteiger partial charge in [-0.05, 0) is 98.7 Å². The Hall–Kier alpha value is -2.81. The molecule has 1 aliphatic carbocycles. The lowest BCUT2D eigenvalue weighted by molar-refractivity contribution is 0.0465. The highest BCUT2D eigenvalue weighted by Crippen LogP contribution is 2.40. The van der Waals surface area contributed by atoms with Crippen LogP contribution in [-0.4, -0.2) is 43.9 Å². The van der Waals surface area contributed by atoms with Gasteiger partial charge in [-0.1, -0.05) is 29.8 Å². The van der Waals surface area contributed by atoms with Gasteiger partial charge in [0.1, 0.15) is 12.4 Å². The van der Waals surface area contributed by atoms with Crippen LogP contribution >= 0.6 is 11.6 Å². The second-order valence-corrected chi connectivity index (χ2v) is 13.4. The van der Waals surface area contributed by atoms with Crippen molar-refractivity contribution in [1.29, 1.82) is 0 Å². The molecule has 4 atom stereocenters. The summed E-state index contributed by atoms with van der Waals surface area (Å²) in [5, 5.41) is 10.3. The number of anilines is 1. The highest BCUT2D eigenvalue weighted by molar-refractivity contribution is 7.90. The summed E-state index contributed by atoms with van der Waals surface area (Å²) < 4.78 is 33.9. The molecule has 0 bridgehead atoms. The fourth-order valence-electron chi connectivity index (χ4n) is 5.46. The van der Waals surface area contributed by atoms with Crippen molar-refractivity contribution in [1.82, 2.24) is 4.72 Å². The van der Waals surface area contributed by atoms with E-state index < -0.39 is 27.3 Å². The minimum atomic E-state index is -3.87. The standard InChI is InChI=1S/C31H39ClN2O5S/c1-4-8-21(3)40(37,38)33-31(36)23-12-15-30-28(18-23)34(19-24-11-14-27(24)29(35)5-2)16-7-6-9-22-17-26(32)13-10-25(22)20-39-30/h4-5,10,12-13,15,17-18,21,24,27,29,35H,1-2,6-9,11,14,16,19-20H2,3H3,(H,33,36)/t21-,24-,27+,29-/m0/s1. The average Bonchev–Trinajstić information content (AvgIpc) is 2.94. The van der Waals surface area contributed by atoms with Gasteiger partial charge in [-0.25, -0.2) is 13.1 Å². The molecule has 7 nitrogen and oxygen atoms in total. The van der Waals surface area contributed by atoms with Crippen LogP contribution in [0.4, 0.5) is 5.69 Å². The fourth-order valence-corrected chi connectivity index (χ4v) is 6.62. The fraction of sp³-hybridized carbons (Fsp3) is 0.452. The number of halogens is 1. The molecule has 2 N–H and O–H groups in total. The van der Waals surface area contributed by atoms with Crippen LogP contribution in [0.15, 0.2) is 61.7 Å². The Morgan fingerprint density at radius 1 is 1.20 bits per heavy atom. The Bertz CT molecular complexity index is 1350. The first kappa shape index (κ1) is 30.2. The lowest BCUT2D eigenvalue weighted by Crippen LogP contribution is -2.43. The number of benzene rings is 2. The van der Waals surface area contributed by atoms with E-state index in [1.807, 2.05) is 18.2 Å². The van der Waals surface area contributed by atoms with Crippen molar-refractivity contribution in [3.05, 3.63) is 83.4 Å². The Morgan fingerprint density at radius 2 is 2.00 bits per heavy atom. The van der Waals surface area contributed by atoms with Crippen molar-refractivity contribution >= 4 is 33.2 Å². The summed E-state index contributed by atoms with van der Waals surface area (Å²) in [5.41, 5.74) is 3.19. The number of carbonyl (C=O) groups excluding carboxylic acids is 1. The van der Waals surface area contributed by atoms with Gasteiger partial charge in [0.2, 0.25) is 10.0 Å². The van der Waals surface area contributed by atoms with Crippen LogP contribution in [-0.2, 0) is 23.1 Å². The number of hydrogen-bond donors (Lipinski definition) is 2. The summed E-state index contributed by atoms with van der Waals surface area (Å²) in [7, 11) is -3.87. The third-order valence-corrected chi connectivity index (χ3v) is 10.1. The van der Waals surface area contributed by atoms with E-state index in [1.54, 1.807) is 31.2 Å². The number of nitrogens with one attached hydrogen (secondary N) is 1. The monoisotopic (exact) mass is 586 g/mol. The molecule has 9 heteroatoms. The van der Waals surface area contributed by atoms with Crippen molar-refractivity contribution in [3.63, 3.8) is 0 Å². The van der Waals surface area contributed by atoms with E-state index in [9.17, 15) is 18.3 Å². The minimum Gasteiger partial charge on any atom is -0.487 e. The highest BCUT2D eigenvalue weighted by Gasteiger charge is 2.36. The minimum absolute atomic E-state index is 0.134. The number of aliphatic hydroxyl groups excluding tert-OH is 1. The number of amides is 1. The van der Waals surface area contributed by atoms with Crippen LogP contribution in [0.2, 0.25) is 5.02 Å². The highest BCUT2D eigenvalue weighted by atomic mass is 35.5. The number of aryl methyl sites for hydroxylation is 1. The van der Waals surface area contributed by atoms with Gasteiger partial charge in [-0.3, -0.25) is 4.79 Å². The number of allylic oxidation sites excluding steroid dienone is 1. The molecule has 2 aromatic rings. The molecule has 1 amide bonds. The lowest BCUT2D eigenvalue weighted by atomic mass is 9.70. The van der Waals surface area contributed by atoms with Crippen LogP contribution in [0, 0.1) is 11.8 Å². The third kappa shape index (κ3) is 7.09. The molecule has 0 aromatic heterocycles. The van der Waals surface area contributed by atoms with E-state index in [2.05, 4.69) is 22.8 Å². The summed E-state index contributed by atoms with van der Waals surface area (Å²) in [4.78, 5) is 15.3. The molecule has 0 unspecified atom stereocenters. The summed E-state index contributed by atoms with van der Waals surface area (Å²) in [6, 6.07) is 10.9. The maximum Gasteiger partial charge on any atom is 0.264 e. The van der Waals surface area contributed by atoms with Crippen LogP contribution in [0.3, 0.4) is 0 Å². The second kappa shape index (κ2) is 13.2. The Labute approximate surface area is 242 Å². The SMILES string of the molecule is C=CC[C@H](C)S(=O)(=O)NC(=O)c1ccc2c(c1)N(C[C@@H]1CC[C@H]1[C@@H](O)C=C)CCCCc1cc(Cl)ccc1CO2. The van der Waals surface area contributed by atoms with Gasteiger partial charge in [0.25, 0.3) is 5.91 Å². The molecule has 216 valence electrons. The van der Waals surface area contributed by atoms with E-state index >= 15 is 0 Å². The smallest absolute Gasteiger partial charge is 0.264 e. The molecule has 2 aliphatic rings. The van der Waals surface area contributed by atoms with Crippen LogP contribution in [0.1, 0.15) is 60.5 Å². The first-order valence-corrected chi connectivity index (χ1v) is 15.8. The van der Waals surface area contributed by atoms with Gasteiger partial charge in [-0.15, -0.1) is 13.2 Å². The number of rotatable bonds is 9. The van der Waals surface area contributed by atoms with Gasteiger partial charge in [-0.2, -0.15) is 0 Å². The van der Waals surface area contributed by atoms with Gasteiger partial charge < -0.3 is 14.7 Å². The first-order valence-electron chi connectivity index (χ1n) is 13.9.